The van der Waals surface area contributed by atoms with Gasteiger partial charge in [0.25, 0.3) is 5.91 Å². The Hall–Kier alpha value is -3.74. The number of amides is 3. The molecule has 38 heavy (non-hydrogen) atoms. The van der Waals surface area contributed by atoms with E-state index in [4.69, 9.17) is 10.9 Å². The molecule has 206 valence electrons. The average molecular weight is 538 g/mol. The van der Waals surface area contributed by atoms with Crippen LogP contribution in [-0.2, 0) is 22.2 Å². The van der Waals surface area contributed by atoms with Gasteiger partial charge in [-0.05, 0) is 42.9 Å². The highest BCUT2D eigenvalue weighted by molar-refractivity contribution is 6.03. The van der Waals surface area contributed by atoms with Crippen LogP contribution in [0.25, 0.3) is 5.69 Å². The van der Waals surface area contributed by atoms with Gasteiger partial charge in [0.15, 0.2) is 11.5 Å². The van der Waals surface area contributed by atoms with Gasteiger partial charge in [-0.25, -0.2) is 10.2 Å². The Morgan fingerprint density at radius 2 is 1.71 bits per heavy atom. The number of unbranched alkanes of at least 4 members (excludes halogenated alkanes) is 3. The summed E-state index contributed by atoms with van der Waals surface area (Å²) in [5.41, 5.74) is 4.88. The van der Waals surface area contributed by atoms with Crippen LogP contribution in [-0.4, -0.2) is 38.5 Å². The predicted octanol–water partition coefficient (Wildman–Crippen LogP) is 3.93. The fourth-order valence-electron chi connectivity index (χ4n) is 4.54. The number of Topliss-reactive ketones (excluding diaryl/α,β-unsaturated/α-hetero) is 1. The van der Waals surface area contributed by atoms with E-state index >= 15 is 0 Å². The number of hydrogen-bond donors (Lipinski definition) is 4. The number of aromatic nitrogens is 2. The summed E-state index contributed by atoms with van der Waals surface area (Å²) in [6.45, 7) is 3.56. The normalized spacial score (nSPS) is 14.6. The smallest absolute Gasteiger partial charge is 0.366 e. The van der Waals surface area contributed by atoms with E-state index < -0.39 is 46.4 Å². The molecule has 3 rings (SSSR count). The molecule has 0 radical (unpaired) electrons. The maximum atomic E-state index is 13.8. The second-order valence-electron chi connectivity index (χ2n) is 10.1. The zero-order valence-electron chi connectivity index (χ0n) is 21.1. The van der Waals surface area contributed by atoms with E-state index in [1.54, 1.807) is 19.3 Å². The number of carbonyl (C=O) groups excluding carboxylic acids is 4. The van der Waals surface area contributed by atoms with Crippen LogP contribution in [0.5, 0.6) is 0 Å². The van der Waals surface area contributed by atoms with Crippen molar-refractivity contribution in [2.45, 2.75) is 71.4 Å². The number of primary amides is 1. The van der Waals surface area contributed by atoms with Crippen LogP contribution in [0.15, 0.2) is 18.2 Å². The molecule has 5 N–H and O–H groups in total. The lowest BCUT2D eigenvalue weighted by Crippen LogP contribution is -2.29. The molecule has 1 aromatic carbocycles. The quantitative estimate of drug-likeness (QED) is 0.204. The van der Waals surface area contributed by atoms with E-state index in [1.807, 2.05) is 0 Å². The minimum Gasteiger partial charge on any atom is -0.366 e. The van der Waals surface area contributed by atoms with Crippen molar-refractivity contribution in [2.75, 3.05) is 5.32 Å². The Bertz CT molecular complexity index is 1250. The average Bonchev–Trinajstić information content (AvgIpc) is 3.20. The van der Waals surface area contributed by atoms with Crippen molar-refractivity contribution in [1.82, 2.24) is 15.3 Å². The van der Waals surface area contributed by atoms with Crippen LogP contribution in [0.3, 0.4) is 0 Å². The summed E-state index contributed by atoms with van der Waals surface area (Å²) in [5, 5.41) is 14.8. The summed E-state index contributed by atoms with van der Waals surface area (Å²) in [5.74, 6) is -2.42. The first-order chi connectivity index (χ1) is 17.7. The van der Waals surface area contributed by atoms with Crippen molar-refractivity contribution >= 4 is 29.2 Å². The van der Waals surface area contributed by atoms with Crippen LogP contribution in [0.1, 0.15) is 90.9 Å². The SMILES string of the molecule is CC1(C)CC(=O)c2c(C(F)(F)F)nn(-c3ccc(C(N)=O)c(NC(=O)CCCCCCC(=O)NO)c3)c2C1. The van der Waals surface area contributed by atoms with Gasteiger partial charge in [-0.15, -0.1) is 0 Å². The fourth-order valence-corrected chi connectivity index (χ4v) is 4.54. The van der Waals surface area contributed by atoms with Crippen LogP contribution >= 0.6 is 0 Å². The van der Waals surface area contributed by atoms with E-state index in [-0.39, 0.29) is 48.3 Å². The van der Waals surface area contributed by atoms with Crippen molar-refractivity contribution in [3.63, 3.8) is 0 Å². The number of fused-ring (bicyclic) bond motifs is 1. The molecule has 13 heteroatoms. The minimum absolute atomic E-state index is 0.0128. The molecule has 0 bridgehead atoms. The number of nitrogens with zero attached hydrogens (tertiary/aromatic N) is 2. The van der Waals surface area contributed by atoms with E-state index in [9.17, 15) is 32.3 Å². The lowest BCUT2D eigenvalue weighted by atomic mass is 9.75. The zero-order chi connectivity index (χ0) is 28.3. The number of halogens is 3. The van der Waals surface area contributed by atoms with E-state index in [2.05, 4.69) is 10.4 Å². The maximum absolute atomic E-state index is 13.8. The molecule has 0 fully saturated rings. The Balaban J connectivity index is 1.85. The molecule has 0 atom stereocenters. The van der Waals surface area contributed by atoms with Crippen LogP contribution < -0.4 is 16.5 Å². The number of anilines is 1. The summed E-state index contributed by atoms with van der Waals surface area (Å²) >= 11 is 0. The van der Waals surface area contributed by atoms with Gasteiger partial charge < -0.3 is 11.1 Å². The van der Waals surface area contributed by atoms with Crippen LogP contribution in [0.4, 0.5) is 18.9 Å². The molecular formula is C25H30F3N5O5. The topological polar surface area (TPSA) is 156 Å². The highest BCUT2D eigenvalue weighted by Gasteiger charge is 2.45. The van der Waals surface area contributed by atoms with E-state index in [0.717, 1.165) is 4.68 Å². The second-order valence-corrected chi connectivity index (χ2v) is 10.1. The lowest BCUT2D eigenvalue weighted by molar-refractivity contribution is -0.141. The number of alkyl halides is 3. The number of nitrogens with two attached hydrogens (primary N) is 1. The number of rotatable bonds is 10. The highest BCUT2D eigenvalue weighted by Crippen LogP contribution is 2.42. The summed E-state index contributed by atoms with van der Waals surface area (Å²) in [6, 6.07) is 3.96. The molecule has 1 aliphatic rings. The molecule has 0 aliphatic heterocycles. The molecule has 10 nitrogen and oxygen atoms in total. The predicted molar refractivity (Wildman–Crippen MR) is 130 cm³/mol. The van der Waals surface area contributed by atoms with Crippen molar-refractivity contribution < 1.29 is 37.6 Å². The number of carbonyl (C=O) groups is 4. The van der Waals surface area contributed by atoms with Gasteiger partial charge in [0.1, 0.15) is 0 Å². The molecule has 1 aliphatic carbocycles. The third-order valence-electron chi connectivity index (χ3n) is 6.28. The third-order valence-corrected chi connectivity index (χ3v) is 6.28. The summed E-state index contributed by atoms with van der Waals surface area (Å²) < 4.78 is 42.3. The largest absolute Gasteiger partial charge is 0.435 e. The first kappa shape index (κ1) is 28.8. The second kappa shape index (κ2) is 11.3. The minimum atomic E-state index is -4.85. The van der Waals surface area contributed by atoms with Crippen LogP contribution in [0.2, 0.25) is 0 Å². The molecule has 3 amide bonds. The molecule has 0 spiro atoms. The third kappa shape index (κ3) is 6.77. The van der Waals surface area contributed by atoms with Gasteiger partial charge in [-0.1, -0.05) is 26.7 Å². The number of hydrogen-bond acceptors (Lipinski definition) is 6. The van der Waals surface area contributed by atoms with Crippen molar-refractivity contribution in [1.29, 1.82) is 0 Å². The molecule has 2 aromatic rings. The number of ketones is 1. The fraction of sp³-hybridized carbons (Fsp3) is 0.480. The molecule has 1 heterocycles. The summed E-state index contributed by atoms with van der Waals surface area (Å²) in [7, 11) is 0. The van der Waals surface area contributed by atoms with E-state index in [0.29, 0.717) is 25.7 Å². The van der Waals surface area contributed by atoms with Gasteiger partial charge in [-0.3, -0.25) is 24.4 Å². The Morgan fingerprint density at radius 3 is 2.29 bits per heavy atom. The Kier molecular flexibility index (Phi) is 8.60. The standard InChI is InChI=1S/C25H30F3N5O5/c1-24(2)12-17-21(18(34)13-24)22(25(26,27)28)31-33(17)14-9-10-15(23(29)37)16(11-14)30-19(35)7-5-3-4-6-8-20(36)32-38/h9-11,38H,3-8,12-13H2,1-2H3,(H2,29,37)(H,30,35)(H,32,36). The van der Waals surface area contributed by atoms with Gasteiger partial charge in [0, 0.05) is 19.3 Å². The van der Waals surface area contributed by atoms with Gasteiger partial charge in [0.05, 0.1) is 28.2 Å². The number of benzene rings is 1. The van der Waals surface area contributed by atoms with Gasteiger partial charge in [0.2, 0.25) is 11.8 Å². The molecule has 0 saturated heterocycles. The number of nitrogens with one attached hydrogen (secondary N) is 2. The molecule has 0 unspecified atom stereocenters. The molecular weight excluding hydrogens is 507 g/mol. The Morgan fingerprint density at radius 1 is 1.08 bits per heavy atom. The van der Waals surface area contributed by atoms with Gasteiger partial charge in [-0.2, -0.15) is 18.3 Å². The van der Waals surface area contributed by atoms with E-state index in [1.165, 1.54) is 18.2 Å². The van der Waals surface area contributed by atoms with Crippen molar-refractivity contribution in [3.05, 3.63) is 40.7 Å². The molecule has 0 saturated carbocycles. The maximum Gasteiger partial charge on any atom is 0.435 e. The first-order valence-corrected chi connectivity index (χ1v) is 12.1. The first-order valence-electron chi connectivity index (χ1n) is 12.1. The van der Waals surface area contributed by atoms with Crippen molar-refractivity contribution in [3.8, 4) is 5.69 Å². The van der Waals surface area contributed by atoms with Crippen molar-refractivity contribution in [2.24, 2.45) is 11.1 Å². The Labute approximate surface area is 216 Å². The summed E-state index contributed by atoms with van der Waals surface area (Å²) in [6.07, 6.45) is -2.17. The highest BCUT2D eigenvalue weighted by atomic mass is 19.4. The number of hydroxylamine groups is 1. The zero-order valence-corrected chi connectivity index (χ0v) is 21.1. The lowest BCUT2D eigenvalue weighted by Gasteiger charge is -2.29. The summed E-state index contributed by atoms with van der Waals surface area (Å²) in [4.78, 5) is 48.2. The van der Waals surface area contributed by atoms with Gasteiger partial charge >= 0.3 is 6.18 Å². The van der Waals surface area contributed by atoms with Crippen LogP contribution in [0, 0.1) is 5.41 Å². The molecule has 1 aromatic heterocycles. The monoisotopic (exact) mass is 537 g/mol.